The van der Waals surface area contributed by atoms with Gasteiger partial charge in [0.2, 0.25) is 11.9 Å². The molecule has 0 radical (unpaired) electrons. The Labute approximate surface area is 115 Å². The van der Waals surface area contributed by atoms with Gasteiger partial charge >= 0.3 is 0 Å². The second-order valence-electron chi connectivity index (χ2n) is 5.18. The quantitative estimate of drug-likeness (QED) is 0.722. The Hall–Kier alpha value is -2.57. The third-order valence-electron chi connectivity index (χ3n) is 3.39. The molecule has 0 saturated carbocycles. The van der Waals surface area contributed by atoms with Crippen LogP contribution in [0.1, 0.15) is 18.6 Å². The molecule has 1 aliphatic heterocycles. The Kier molecular flexibility index (Phi) is 2.47. The topological polar surface area (TPSA) is 81.0 Å². The van der Waals surface area contributed by atoms with Gasteiger partial charge in [-0.25, -0.2) is 0 Å². The van der Waals surface area contributed by atoms with Crippen molar-refractivity contribution in [1.29, 1.82) is 0 Å². The van der Waals surface area contributed by atoms with E-state index in [-0.39, 0.29) is 17.8 Å². The number of nitrogens with zero attached hydrogens (tertiary/aromatic N) is 5. The molecular formula is C13H13N5O2. The smallest absolute Gasteiger partial charge is 0.265 e. The van der Waals surface area contributed by atoms with Crippen LogP contribution >= 0.6 is 0 Å². The fourth-order valence-corrected chi connectivity index (χ4v) is 2.15. The summed E-state index contributed by atoms with van der Waals surface area (Å²) in [4.78, 5) is 34.1. The lowest BCUT2D eigenvalue weighted by Gasteiger charge is -2.31. The lowest BCUT2D eigenvalue weighted by molar-refractivity contribution is -0.125. The summed E-state index contributed by atoms with van der Waals surface area (Å²) in [5.74, 6) is -0.0219. The van der Waals surface area contributed by atoms with E-state index < -0.39 is 5.41 Å². The summed E-state index contributed by atoms with van der Waals surface area (Å²) in [5.41, 5.74) is -0.390. The number of aromatic nitrogens is 4. The van der Waals surface area contributed by atoms with Crippen molar-refractivity contribution in [3.8, 4) is 11.4 Å². The fraction of sp³-hybridized carbons (Fsp3) is 0.308. The number of pyridine rings is 1. The highest BCUT2D eigenvalue weighted by atomic mass is 16.2. The van der Waals surface area contributed by atoms with Crippen LogP contribution in [-0.2, 0) is 4.79 Å². The molecule has 2 aromatic rings. The van der Waals surface area contributed by atoms with Crippen LogP contribution in [0.25, 0.3) is 11.4 Å². The van der Waals surface area contributed by atoms with E-state index in [0.717, 1.165) is 5.56 Å². The van der Waals surface area contributed by atoms with Crippen molar-refractivity contribution in [1.82, 2.24) is 19.7 Å². The minimum absolute atomic E-state index is 0.242. The SMILES string of the molecule is CN1C(=O)C(C)(C)C(=O)n2nc(-c3ccncc3)nc21. The molecule has 0 spiro atoms. The molecule has 1 aliphatic rings. The summed E-state index contributed by atoms with van der Waals surface area (Å²) in [5, 5.41) is 4.22. The first-order valence-corrected chi connectivity index (χ1v) is 6.13. The molecule has 102 valence electrons. The summed E-state index contributed by atoms with van der Waals surface area (Å²) in [7, 11) is 1.59. The second-order valence-corrected chi connectivity index (χ2v) is 5.18. The van der Waals surface area contributed by atoms with Crippen LogP contribution in [0.5, 0.6) is 0 Å². The monoisotopic (exact) mass is 271 g/mol. The van der Waals surface area contributed by atoms with E-state index in [1.165, 1.54) is 9.58 Å². The summed E-state index contributed by atoms with van der Waals surface area (Å²) < 4.78 is 1.19. The summed E-state index contributed by atoms with van der Waals surface area (Å²) in [6.07, 6.45) is 3.24. The average Bonchev–Trinajstić information content (AvgIpc) is 2.89. The van der Waals surface area contributed by atoms with Crippen molar-refractivity contribution >= 4 is 17.8 Å². The molecule has 0 saturated heterocycles. The molecule has 0 atom stereocenters. The molecule has 0 fully saturated rings. The van der Waals surface area contributed by atoms with Crippen LogP contribution in [0.3, 0.4) is 0 Å². The van der Waals surface area contributed by atoms with E-state index in [4.69, 9.17) is 0 Å². The molecule has 2 aromatic heterocycles. The Bertz CT molecular complexity index is 705. The minimum Gasteiger partial charge on any atom is -0.283 e. The number of amides is 1. The number of carbonyl (C=O) groups is 2. The first kappa shape index (κ1) is 12.5. The molecular weight excluding hydrogens is 258 g/mol. The maximum Gasteiger partial charge on any atom is 0.265 e. The van der Waals surface area contributed by atoms with E-state index in [2.05, 4.69) is 15.1 Å². The second kappa shape index (κ2) is 3.96. The normalized spacial score (nSPS) is 17.2. The lowest BCUT2D eigenvalue weighted by atomic mass is 9.89. The number of hydrogen-bond acceptors (Lipinski definition) is 5. The van der Waals surface area contributed by atoms with E-state index in [1.807, 2.05) is 0 Å². The van der Waals surface area contributed by atoms with Gasteiger partial charge in [0, 0.05) is 25.0 Å². The molecule has 20 heavy (non-hydrogen) atoms. The van der Waals surface area contributed by atoms with Crippen molar-refractivity contribution in [3.05, 3.63) is 24.5 Å². The van der Waals surface area contributed by atoms with E-state index >= 15 is 0 Å². The van der Waals surface area contributed by atoms with Gasteiger partial charge in [-0.15, -0.1) is 5.10 Å². The van der Waals surface area contributed by atoms with Crippen molar-refractivity contribution in [2.24, 2.45) is 5.41 Å². The van der Waals surface area contributed by atoms with Crippen LogP contribution in [-0.4, -0.2) is 38.6 Å². The van der Waals surface area contributed by atoms with Gasteiger partial charge in [0.1, 0.15) is 5.41 Å². The predicted molar refractivity (Wildman–Crippen MR) is 71.1 cm³/mol. The molecule has 3 heterocycles. The fourth-order valence-electron chi connectivity index (χ4n) is 2.15. The van der Waals surface area contributed by atoms with Gasteiger partial charge in [-0.1, -0.05) is 0 Å². The first-order valence-electron chi connectivity index (χ1n) is 6.13. The Balaban J connectivity index is 2.16. The largest absolute Gasteiger partial charge is 0.283 e. The van der Waals surface area contributed by atoms with Crippen molar-refractivity contribution < 1.29 is 9.59 Å². The number of hydrogen-bond donors (Lipinski definition) is 0. The summed E-state index contributed by atoms with van der Waals surface area (Å²) in [6.45, 7) is 3.18. The van der Waals surface area contributed by atoms with Crippen LogP contribution in [0.2, 0.25) is 0 Å². The zero-order chi connectivity index (χ0) is 14.5. The molecule has 7 nitrogen and oxygen atoms in total. The van der Waals surface area contributed by atoms with Gasteiger partial charge in [0.05, 0.1) is 0 Å². The lowest BCUT2D eigenvalue weighted by Crippen LogP contribution is -2.51. The van der Waals surface area contributed by atoms with Gasteiger partial charge in [-0.2, -0.15) is 9.67 Å². The molecule has 7 heteroatoms. The third-order valence-corrected chi connectivity index (χ3v) is 3.39. The van der Waals surface area contributed by atoms with Crippen molar-refractivity contribution in [2.45, 2.75) is 13.8 Å². The van der Waals surface area contributed by atoms with Crippen molar-refractivity contribution in [3.63, 3.8) is 0 Å². The van der Waals surface area contributed by atoms with Gasteiger partial charge in [-0.3, -0.25) is 19.5 Å². The molecule has 3 rings (SSSR count). The maximum absolute atomic E-state index is 12.3. The van der Waals surface area contributed by atoms with Gasteiger partial charge in [0.25, 0.3) is 5.91 Å². The molecule has 1 amide bonds. The maximum atomic E-state index is 12.3. The highest BCUT2D eigenvalue weighted by molar-refractivity contribution is 6.14. The van der Waals surface area contributed by atoms with Gasteiger partial charge < -0.3 is 0 Å². The highest BCUT2D eigenvalue weighted by Gasteiger charge is 2.46. The van der Waals surface area contributed by atoms with Crippen LogP contribution in [0, 0.1) is 5.41 Å². The van der Waals surface area contributed by atoms with E-state index in [1.54, 1.807) is 45.4 Å². The Morgan fingerprint density at radius 1 is 1.10 bits per heavy atom. The standard InChI is InChI=1S/C13H13N5O2/c1-13(2)10(19)17(3)12-15-9(16-18(12)11(13)20)8-4-6-14-7-5-8/h4-7H,1-3H3. The Morgan fingerprint density at radius 2 is 1.75 bits per heavy atom. The highest BCUT2D eigenvalue weighted by Crippen LogP contribution is 2.31. The van der Waals surface area contributed by atoms with E-state index in [9.17, 15) is 9.59 Å². The molecule has 0 aromatic carbocycles. The van der Waals surface area contributed by atoms with Gasteiger partial charge in [0.15, 0.2) is 5.82 Å². The summed E-state index contributed by atoms with van der Waals surface area (Å²) in [6, 6.07) is 3.50. The zero-order valence-corrected chi connectivity index (χ0v) is 11.4. The molecule has 0 bridgehead atoms. The first-order chi connectivity index (χ1) is 9.43. The predicted octanol–water partition coefficient (Wildman–Crippen LogP) is 0.983. The molecule has 0 N–H and O–H groups in total. The van der Waals surface area contributed by atoms with Crippen LogP contribution < -0.4 is 4.90 Å². The number of fused-ring (bicyclic) bond motifs is 1. The number of carbonyl (C=O) groups excluding carboxylic acids is 2. The van der Waals surface area contributed by atoms with Crippen LogP contribution in [0.15, 0.2) is 24.5 Å². The number of rotatable bonds is 1. The van der Waals surface area contributed by atoms with Crippen molar-refractivity contribution in [2.75, 3.05) is 11.9 Å². The van der Waals surface area contributed by atoms with Gasteiger partial charge in [-0.05, 0) is 26.0 Å². The van der Waals surface area contributed by atoms with Crippen LogP contribution in [0.4, 0.5) is 5.95 Å². The third kappa shape index (κ3) is 1.56. The Morgan fingerprint density at radius 3 is 2.40 bits per heavy atom. The molecule has 0 unspecified atom stereocenters. The summed E-state index contributed by atoms with van der Waals surface area (Å²) >= 11 is 0. The average molecular weight is 271 g/mol. The van der Waals surface area contributed by atoms with E-state index in [0.29, 0.717) is 5.82 Å². The molecule has 0 aliphatic carbocycles. The minimum atomic E-state index is -1.13. The zero-order valence-electron chi connectivity index (χ0n) is 11.4. The number of anilines is 1.